The van der Waals surface area contributed by atoms with Crippen LogP contribution in [-0.2, 0) is 22.1 Å². The van der Waals surface area contributed by atoms with Gasteiger partial charge in [0.15, 0.2) is 0 Å². The molecule has 4 nitrogen and oxygen atoms in total. The van der Waals surface area contributed by atoms with Gasteiger partial charge in [-0.3, -0.25) is 4.79 Å². The second-order valence-corrected chi connectivity index (χ2v) is 8.66. The number of benzene rings is 3. The van der Waals surface area contributed by atoms with E-state index in [-0.39, 0.29) is 16.4 Å². The van der Waals surface area contributed by atoms with Crippen molar-refractivity contribution in [2.24, 2.45) is 0 Å². The summed E-state index contributed by atoms with van der Waals surface area (Å²) in [4.78, 5) is 14.7. The minimum Gasteiger partial charge on any atom is -0.330 e. The standard InChI is InChI=1S/C21H18ClNO3S/c22-27(25,26)20-13-7-12-19(14-20)21(24)23(15-17-8-3-1-4-9-17)16-18-10-5-2-6-11-18/h1-14H,15-16H2. The fourth-order valence-corrected chi connectivity index (χ4v) is 3.57. The molecule has 0 spiro atoms. The molecular formula is C21H18ClNO3S. The molecule has 0 fully saturated rings. The van der Waals surface area contributed by atoms with Gasteiger partial charge >= 0.3 is 0 Å². The highest BCUT2D eigenvalue weighted by atomic mass is 35.7. The normalized spacial score (nSPS) is 11.1. The van der Waals surface area contributed by atoms with Gasteiger partial charge in [-0.05, 0) is 29.3 Å². The summed E-state index contributed by atoms with van der Waals surface area (Å²) in [6.07, 6.45) is 0. The third-order valence-electron chi connectivity index (χ3n) is 4.08. The van der Waals surface area contributed by atoms with Gasteiger partial charge in [0, 0.05) is 29.3 Å². The fraction of sp³-hybridized carbons (Fsp3) is 0.0952. The van der Waals surface area contributed by atoms with E-state index in [0.29, 0.717) is 13.1 Å². The van der Waals surface area contributed by atoms with E-state index in [1.165, 1.54) is 18.2 Å². The molecule has 0 N–H and O–H groups in total. The van der Waals surface area contributed by atoms with Gasteiger partial charge in [-0.2, -0.15) is 0 Å². The molecule has 3 aromatic carbocycles. The number of carbonyl (C=O) groups is 1. The van der Waals surface area contributed by atoms with Crippen LogP contribution in [0.4, 0.5) is 0 Å². The number of carbonyl (C=O) groups excluding carboxylic acids is 1. The van der Waals surface area contributed by atoms with E-state index in [2.05, 4.69) is 0 Å². The van der Waals surface area contributed by atoms with Crippen LogP contribution in [0.25, 0.3) is 0 Å². The van der Waals surface area contributed by atoms with Crippen LogP contribution >= 0.6 is 10.7 Å². The first-order chi connectivity index (χ1) is 12.9. The van der Waals surface area contributed by atoms with Crippen LogP contribution in [0.5, 0.6) is 0 Å². The summed E-state index contributed by atoms with van der Waals surface area (Å²) >= 11 is 0. The molecule has 0 aliphatic rings. The van der Waals surface area contributed by atoms with Crippen LogP contribution in [0.2, 0.25) is 0 Å². The van der Waals surface area contributed by atoms with Crippen molar-refractivity contribution >= 4 is 25.6 Å². The smallest absolute Gasteiger partial charge is 0.261 e. The maximum absolute atomic E-state index is 13.1. The van der Waals surface area contributed by atoms with Crippen molar-refractivity contribution in [1.82, 2.24) is 4.90 Å². The van der Waals surface area contributed by atoms with Crippen molar-refractivity contribution in [3.05, 3.63) is 102 Å². The van der Waals surface area contributed by atoms with Crippen LogP contribution in [0.3, 0.4) is 0 Å². The Morgan fingerprint density at radius 1 is 0.778 bits per heavy atom. The summed E-state index contributed by atoms with van der Waals surface area (Å²) < 4.78 is 23.2. The summed E-state index contributed by atoms with van der Waals surface area (Å²) in [5, 5.41) is 0. The molecule has 0 saturated heterocycles. The second kappa shape index (κ2) is 8.37. The van der Waals surface area contributed by atoms with E-state index in [0.717, 1.165) is 11.1 Å². The van der Waals surface area contributed by atoms with Crippen LogP contribution in [0.1, 0.15) is 21.5 Å². The Labute approximate surface area is 163 Å². The van der Waals surface area contributed by atoms with Crippen LogP contribution < -0.4 is 0 Å². The van der Waals surface area contributed by atoms with E-state index in [1.54, 1.807) is 11.0 Å². The average Bonchev–Trinajstić information content (AvgIpc) is 2.68. The van der Waals surface area contributed by atoms with Gasteiger partial charge < -0.3 is 4.90 Å². The molecular weight excluding hydrogens is 382 g/mol. The maximum Gasteiger partial charge on any atom is 0.261 e. The van der Waals surface area contributed by atoms with Crippen molar-refractivity contribution in [2.75, 3.05) is 0 Å². The Hall–Kier alpha value is -2.63. The Morgan fingerprint density at radius 2 is 1.30 bits per heavy atom. The first-order valence-electron chi connectivity index (χ1n) is 8.35. The molecule has 0 aliphatic heterocycles. The van der Waals surface area contributed by atoms with Gasteiger partial charge in [-0.1, -0.05) is 66.7 Å². The third-order valence-corrected chi connectivity index (χ3v) is 5.43. The number of amides is 1. The van der Waals surface area contributed by atoms with Gasteiger partial charge in [0.1, 0.15) is 0 Å². The predicted octanol–water partition coefficient (Wildman–Crippen LogP) is 4.46. The van der Waals surface area contributed by atoms with Crippen LogP contribution in [-0.4, -0.2) is 19.2 Å². The van der Waals surface area contributed by atoms with Crippen molar-refractivity contribution in [1.29, 1.82) is 0 Å². The molecule has 1 amide bonds. The number of nitrogens with zero attached hydrogens (tertiary/aromatic N) is 1. The highest BCUT2D eigenvalue weighted by molar-refractivity contribution is 8.13. The summed E-state index contributed by atoms with van der Waals surface area (Å²) in [5.74, 6) is -0.259. The Morgan fingerprint density at radius 3 is 1.78 bits per heavy atom. The molecule has 0 atom stereocenters. The van der Waals surface area contributed by atoms with Gasteiger partial charge in [-0.15, -0.1) is 0 Å². The zero-order valence-corrected chi connectivity index (χ0v) is 16.0. The number of rotatable bonds is 6. The molecule has 6 heteroatoms. The van der Waals surface area contributed by atoms with Gasteiger partial charge in [0.25, 0.3) is 15.0 Å². The molecule has 0 unspecified atom stereocenters. The fourth-order valence-electron chi connectivity index (χ4n) is 2.77. The third kappa shape index (κ3) is 5.18. The first kappa shape index (κ1) is 19.1. The van der Waals surface area contributed by atoms with Gasteiger partial charge in [0.05, 0.1) is 4.90 Å². The van der Waals surface area contributed by atoms with E-state index < -0.39 is 9.05 Å². The average molecular weight is 400 g/mol. The molecule has 138 valence electrons. The van der Waals surface area contributed by atoms with E-state index in [9.17, 15) is 13.2 Å². The molecule has 0 aromatic heterocycles. The van der Waals surface area contributed by atoms with Crippen molar-refractivity contribution in [3.8, 4) is 0 Å². The zero-order valence-electron chi connectivity index (χ0n) is 14.5. The van der Waals surface area contributed by atoms with E-state index in [1.807, 2.05) is 60.7 Å². The second-order valence-electron chi connectivity index (χ2n) is 6.10. The minimum absolute atomic E-state index is 0.0885. The van der Waals surface area contributed by atoms with Gasteiger partial charge in [-0.25, -0.2) is 8.42 Å². The van der Waals surface area contributed by atoms with Gasteiger partial charge in [0.2, 0.25) is 0 Å². The summed E-state index contributed by atoms with van der Waals surface area (Å²) in [6.45, 7) is 0.818. The lowest BCUT2D eigenvalue weighted by Gasteiger charge is -2.23. The topological polar surface area (TPSA) is 54.5 Å². The molecule has 0 aliphatic carbocycles. The number of hydrogen-bond acceptors (Lipinski definition) is 3. The number of halogens is 1. The van der Waals surface area contributed by atoms with Crippen molar-refractivity contribution in [3.63, 3.8) is 0 Å². The SMILES string of the molecule is O=C(c1cccc(S(=O)(=O)Cl)c1)N(Cc1ccccc1)Cc1ccccc1. The maximum atomic E-state index is 13.1. The summed E-state index contributed by atoms with van der Waals surface area (Å²) in [7, 11) is 1.52. The Balaban J connectivity index is 1.93. The summed E-state index contributed by atoms with van der Waals surface area (Å²) in [5.41, 5.74) is 2.26. The Bertz CT molecular complexity index is 980. The van der Waals surface area contributed by atoms with E-state index >= 15 is 0 Å². The first-order valence-corrected chi connectivity index (χ1v) is 10.7. The number of hydrogen-bond donors (Lipinski definition) is 0. The highest BCUT2D eigenvalue weighted by Crippen LogP contribution is 2.19. The highest BCUT2D eigenvalue weighted by Gasteiger charge is 2.19. The lowest BCUT2D eigenvalue weighted by Crippen LogP contribution is -2.30. The lowest BCUT2D eigenvalue weighted by molar-refractivity contribution is 0.0730. The monoisotopic (exact) mass is 399 g/mol. The largest absolute Gasteiger partial charge is 0.330 e. The zero-order chi connectivity index (χ0) is 19.3. The molecule has 0 saturated carbocycles. The molecule has 27 heavy (non-hydrogen) atoms. The van der Waals surface area contributed by atoms with Crippen LogP contribution in [0, 0.1) is 0 Å². The predicted molar refractivity (Wildman–Crippen MR) is 106 cm³/mol. The minimum atomic E-state index is -3.90. The molecule has 3 rings (SSSR count). The van der Waals surface area contributed by atoms with E-state index in [4.69, 9.17) is 10.7 Å². The molecule has 0 bridgehead atoms. The summed E-state index contributed by atoms with van der Waals surface area (Å²) in [6, 6.07) is 25.1. The van der Waals surface area contributed by atoms with Crippen molar-refractivity contribution < 1.29 is 13.2 Å². The molecule has 0 heterocycles. The van der Waals surface area contributed by atoms with Crippen molar-refractivity contribution in [2.45, 2.75) is 18.0 Å². The Kier molecular flexibility index (Phi) is 5.94. The molecule has 0 radical (unpaired) electrons. The quantitative estimate of drug-likeness (QED) is 0.575. The van der Waals surface area contributed by atoms with Crippen LogP contribution in [0.15, 0.2) is 89.8 Å². The lowest BCUT2D eigenvalue weighted by atomic mass is 10.1. The molecule has 3 aromatic rings.